The molecule has 43 heavy (non-hydrogen) atoms. The second-order valence-electron chi connectivity index (χ2n) is 9.90. The van der Waals surface area contributed by atoms with E-state index in [0.717, 1.165) is 0 Å². The molecule has 4 atom stereocenters. The number of amides is 3. The largest absolute Gasteiger partial charge is 0.508 e. The van der Waals surface area contributed by atoms with Crippen molar-refractivity contribution in [2.45, 2.75) is 56.3 Å². The van der Waals surface area contributed by atoms with Gasteiger partial charge >= 0.3 is 11.9 Å². The molecule has 3 amide bonds. The van der Waals surface area contributed by atoms with E-state index in [0.29, 0.717) is 16.8 Å². The Kier molecular flexibility index (Phi) is 11.8. The normalized spacial score (nSPS) is 13.6. The molecule has 1 aromatic heterocycles. The average Bonchev–Trinajstić information content (AvgIpc) is 3.49. The Labute approximate surface area is 246 Å². The highest BCUT2D eigenvalue weighted by Gasteiger charge is 2.31. The topological polar surface area (TPSA) is 237 Å². The summed E-state index contributed by atoms with van der Waals surface area (Å²) >= 11 is 0. The van der Waals surface area contributed by atoms with E-state index in [2.05, 4.69) is 25.9 Å². The van der Waals surface area contributed by atoms with Crippen LogP contribution in [0.2, 0.25) is 0 Å². The molecule has 2 aromatic carbocycles. The quantitative estimate of drug-likeness (QED) is 0.109. The van der Waals surface area contributed by atoms with E-state index < -0.39 is 60.2 Å². The predicted octanol–water partition coefficient (Wildman–Crippen LogP) is -0.126. The number of carboxylic acids is 2. The fourth-order valence-electron chi connectivity index (χ4n) is 4.21. The number of aromatic hydroxyl groups is 1. The SMILES string of the molecule is NC(Cc1ccc(O)cc1)C(=O)NC(Cc1ccccc1)C(=O)NC(Cc1cnc[nH]1)C(=O)NC(CCC(=O)O)C(=O)O. The molecular formula is C29H34N6O8. The second-order valence-corrected chi connectivity index (χ2v) is 9.90. The zero-order chi connectivity index (χ0) is 31.4. The summed E-state index contributed by atoms with van der Waals surface area (Å²) < 4.78 is 0. The smallest absolute Gasteiger partial charge is 0.326 e. The number of nitrogens with zero attached hydrogens (tertiary/aromatic N) is 1. The van der Waals surface area contributed by atoms with Crippen molar-refractivity contribution < 1.29 is 39.3 Å². The summed E-state index contributed by atoms with van der Waals surface area (Å²) in [5.41, 5.74) is 7.98. The minimum atomic E-state index is -1.51. The molecule has 0 aliphatic rings. The van der Waals surface area contributed by atoms with E-state index in [9.17, 15) is 34.2 Å². The first-order valence-corrected chi connectivity index (χ1v) is 13.4. The minimum Gasteiger partial charge on any atom is -0.508 e. The monoisotopic (exact) mass is 594 g/mol. The number of carbonyl (C=O) groups is 5. The number of benzene rings is 2. The molecule has 0 spiro atoms. The van der Waals surface area contributed by atoms with Crippen LogP contribution in [0, 0.1) is 0 Å². The third-order valence-corrected chi connectivity index (χ3v) is 6.52. The molecule has 4 unspecified atom stereocenters. The fourth-order valence-corrected chi connectivity index (χ4v) is 4.21. The molecule has 3 rings (SSSR count). The van der Waals surface area contributed by atoms with Gasteiger partial charge in [0.2, 0.25) is 17.7 Å². The van der Waals surface area contributed by atoms with Crippen molar-refractivity contribution in [1.29, 1.82) is 0 Å². The number of aromatic nitrogens is 2. The summed E-state index contributed by atoms with van der Waals surface area (Å²) in [6, 6.07) is 9.99. The Bertz CT molecular complexity index is 1380. The predicted molar refractivity (Wildman–Crippen MR) is 153 cm³/mol. The second kappa shape index (κ2) is 15.7. The standard InChI is InChI=1S/C29H34N6O8/c30-21(12-18-6-8-20(36)9-7-18)26(39)34-23(13-17-4-2-1-3-5-17)27(40)35-24(14-19-15-31-16-32-19)28(41)33-22(29(42)43)10-11-25(37)38/h1-9,15-16,21-24,36H,10-14,30H2,(H,31,32)(H,33,41)(H,34,39)(H,35,40)(H,37,38)(H,42,43). The number of carboxylic acid groups (broad SMARTS) is 2. The van der Waals surface area contributed by atoms with Gasteiger partial charge in [-0.3, -0.25) is 19.2 Å². The third kappa shape index (κ3) is 10.6. The first-order valence-electron chi connectivity index (χ1n) is 13.4. The molecule has 0 saturated heterocycles. The lowest BCUT2D eigenvalue weighted by Crippen LogP contribution is -2.58. The number of phenols is 1. The van der Waals surface area contributed by atoms with Crippen molar-refractivity contribution in [3.8, 4) is 5.75 Å². The molecule has 0 radical (unpaired) electrons. The first-order chi connectivity index (χ1) is 20.5. The zero-order valence-electron chi connectivity index (χ0n) is 23.1. The van der Waals surface area contributed by atoms with Gasteiger partial charge in [-0.15, -0.1) is 0 Å². The van der Waals surface area contributed by atoms with Crippen LogP contribution < -0.4 is 21.7 Å². The maximum Gasteiger partial charge on any atom is 0.326 e. The number of carbonyl (C=O) groups excluding carboxylic acids is 3. The molecule has 14 heteroatoms. The van der Waals surface area contributed by atoms with E-state index >= 15 is 0 Å². The van der Waals surface area contributed by atoms with E-state index in [-0.39, 0.29) is 31.4 Å². The number of nitrogens with two attached hydrogens (primary N) is 1. The van der Waals surface area contributed by atoms with Gasteiger partial charge in [0.1, 0.15) is 23.9 Å². The number of hydrogen-bond acceptors (Lipinski definition) is 8. The molecule has 1 heterocycles. The molecule has 9 N–H and O–H groups in total. The Hall–Kier alpha value is -5.24. The van der Waals surface area contributed by atoms with Crippen molar-refractivity contribution in [3.05, 3.63) is 83.9 Å². The molecule has 14 nitrogen and oxygen atoms in total. The maximum absolute atomic E-state index is 13.6. The van der Waals surface area contributed by atoms with Gasteiger partial charge in [0.25, 0.3) is 0 Å². The van der Waals surface area contributed by atoms with Gasteiger partial charge in [-0.05, 0) is 36.1 Å². The molecule has 3 aromatic rings. The number of aromatic amines is 1. The van der Waals surface area contributed by atoms with Crippen molar-refractivity contribution in [1.82, 2.24) is 25.9 Å². The lowest BCUT2D eigenvalue weighted by atomic mass is 10.0. The highest BCUT2D eigenvalue weighted by atomic mass is 16.4. The van der Waals surface area contributed by atoms with Crippen LogP contribution >= 0.6 is 0 Å². The minimum absolute atomic E-state index is 0.0547. The highest BCUT2D eigenvalue weighted by Crippen LogP contribution is 2.12. The maximum atomic E-state index is 13.6. The van der Waals surface area contributed by atoms with Gasteiger partial charge in [0.15, 0.2) is 0 Å². The summed E-state index contributed by atoms with van der Waals surface area (Å²) in [6.45, 7) is 0. The van der Waals surface area contributed by atoms with Crippen LogP contribution in [0.15, 0.2) is 67.1 Å². The molecule has 0 aliphatic heterocycles. The number of nitrogens with one attached hydrogen (secondary N) is 4. The van der Waals surface area contributed by atoms with Crippen LogP contribution in [0.4, 0.5) is 0 Å². The Morgan fingerprint density at radius 3 is 1.93 bits per heavy atom. The fraction of sp³-hybridized carbons (Fsp3) is 0.310. The third-order valence-electron chi connectivity index (χ3n) is 6.52. The van der Waals surface area contributed by atoms with Crippen molar-refractivity contribution in [2.75, 3.05) is 0 Å². The number of hydrogen-bond donors (Lipinski definition) is 8. The van der Waals surface area contributed by atoms with Gasteiger partial charge < -0.3 is 42.0 Å². The average molecular weight is 595 g/mol. The Balaban J connectivity index is 1.79. The van der Waals surface area contributed by atoms with Gasteiger partial charge in [0.05, 0.1) is 12.4 Å². The number of aliphatic carboxylic acids is 2. The van der Waals surface area contributed by atoms with Crippen molar-refractivity contribution in [2.24, 2.45) is 5.73 Å². The summed E-state index contributed by atoms with van der Waals surface area (Å²) in [7, 11) is 0. The summed E-state index contributed by atoms with van der Waals surface area (Å²) in [5.74, 6) is -4.82. The molecule has 0 saturated carbocycles. The Morgan fingerprint density at radius 1 is 0.767 bits per heavy atom. The number of imidazole rings is 1. The van der Waals surface area contributed by atoms with E-state index in [4.69, 9.17) is 10.8 Å². The van der Waals surface area contributed by atoms with E-state index in [1.165, 1.54) is 24.7 Å². The van der Waals surface area contributed by atoms with Crippen LogP contribution in [0.25, 0.3) is 0 Å². The van der Waals surface area contributed by atoms with E-state index in [1.807, 2.05) is 0 Å². The van der Waals surface area contributed by atoms with Crippen LogP contribution in [0.5, 0.6) is 5.75 Å². The van der Waals surface area contributed by atoms with Gasteiger partial charge in [-0.25, -0.2) is 9.78 Å². The lowest BCUT2D eigenvalue weighted by Gasteiger charge is -2.25. The lowest BCUT2D eigenvalue weighted by molar-refractivity contribution is -0.143. The summed E-state index contributed by atoms with van der Waals surface area (Å²) in [4.78, 5) is 69.2. The van der Waals surface area contributed by atoms with Crippen molar-refractivity contribution in [3.63, 3.8) is 0 Å². The van der Waals surface area contributed by atoms with Crippen LogP contribution in [-0.2, 0) is 43.2 Å². The number of rotatable bonds is 16. The van der Waals surface area contributed by atoms with Crippen LogP contribution in [0.1, 0.15) is 29.7 Å². The van der Waals surface area contributed by atoms with Crippen LogP contribution in [-0.4, -0.2) is 79.1 Å². The zero-order valence-corrected chi connectivity index (χ0v) is 23.1. The van der Waals surface area contributed by atoms with Crippen molar-refractivity contribution >= 4 is 29.7 Å². The number of phenolic OH excluding ortho intramolecular Hbond substituents is 1. The molecule has 0 fully saturated rings. The summed E-state index contributed by atoms with van der Waals surface area (Å²) in [5, 5.41) is 35.5. The number of H-pyrrole nitrogens is 1. The molecule has 0 bridgehead atoms. The molecule has 228 valence electrons. The van der Waals surface area contributed by atoms with Crippen LogP contribution in [0.3, 0.4) is 0 Å². The van der Waals surface area contributed by atoms with E-state index in [1.54, 1.807) is 42.5 Å². The first kappa shape index (κ1) is 32.3. The summed E-state index contributed by atoms with van der Waals surface area (Å²) in [6.07, 6.45) is 2.01. The highest BCUT2D eigenvalue weighted by molar-refractivity contribution is 5.94. The van der Waals surface area contributed by atoms with Gasteiger partial charge in [-0.1, -0.05) is 42.5 Å². The van der Waals surface area contributed by atoms with Gasteiger partial charge in [-0.2, -0.15) is 0 Å². The molecule has 0 aliphatic carbocycles. The Morgan fingerprint density at radius 2 is 1.35 bits per heavy atom. The molecular weight excluding hydrogens is 560 g/mol. The van der Waals surface area contributed by atoms with Gasteiger partial charge in [0, 0.05) is 31.2 Å².